The number of fused-ring (bicyclic) bond motifs is 1. The van der Waals surface area contributed by atoms with Gasteiger partial charge in [0, 0.05) is 34.9 Å². The molecule has 1 aliphatic rings. The fourth-order valence-electron chi connectivity index (χ4n) is 3.24. The second-order valence-electron chi connectivity index (χ2n) is 6.19. The molecule has 0 saturated carbocycles. The lowest BCUT2D eigenvalue weighted by atomic mass is 9.92. The fraction of sp³-hybridized carbons (Fsp3) is 0.412. The predicted octanol–water partition coefficient (Wildman–Crippen LogP) is 3.66. The Hall–Kier alpha value is -0.850. The van der Waals surface area contributed by atoms with E-state index < -0.39 is 10.0 Å². The Balaban J connectivity index is 0.00000208. The molecule has 0 bridgehead atoms. The van der Waals surface area contributed by atoms with Gasteiger partial charge < -0.3 is 5.73 Å². The molecular weight excluding hydrogens is 367 g/mol. The van der Waals surface area contributed by atoms with Gasteiger partial charge in [0.1, 0.15) is 0 Å². The van der Waals surface area contributed by atoms with Crippen molar-refractivity contribution in [1.29, 1.82) is 0 Å². The average Bonchev–Trinajstić information content (AvgIpc) is 2.55. The highest BCUT2D eigenvalue weighted by atomic mass is 35.5. The highest BCUT2D eigenvalue weighted by Crippen LogP contribution is 2.32. The van der Waals surface area contributed by atoms with Crippen LogP contribution in [0.5, 0.6) is 0 Å². The Morgan fingerprint density at radius 3 is 2.29 bits per heavy atom. The maximum absolute atomic E-state index is 13.0. The lowest BCUT2D eigenvalue weighted by Gasteiger charge is -2.33. The average molecular weight is 389 g/mol. The monoisotopic (exact) mass is 388 g/mol. The molecule has 0 amide bonds. The maximum Gasteiger partial charge on any atom is 0.243 e. The van der Waals surface area contributed by atoms with Gasteiger partial charge in [-0.3, -0.25) is 0 Å². The number of halogens is 2. The number of hydrogen-bond acceptors (Lipinski definition) is 3. The van der Waals surface area contributed by atoms with Crippen molar-refractivity contribution >= 4 is 44.8 Å². The van der Waals surface area contributed by atoms with Crippen molar-refractivity contribution in [3.8, 4) is 0 Å². The van der Waals surface area contributed by atoms with Crippen LogP contribution in [0.25, 0.3) is 10.8 Å². The second-order valence-corrected chi connectivity index (χ2v) is 8.51. The van der Waals surface area contributed by atoms with E-state index in [0.29, 0.717) is 34.3 Å². The summed E-state index contributed by atoms with van der Waals surface area (Å²) in [6, 6.07) is 10.7. The molecule has 2 aromatic rings. The molecule has 3 rings (SSSR count). The van der Waals surface area contributed by atoms with Crippen LogP contribution in [-0.4, -0.2) is 31.9 Å². The molecule has 1 aliphatic heterocycles. The van der Waals surface area contributed by atoms with Crippen LogP contribution in [0, 0.1) is 5.92 Å². The van der Waals surface area contributed by atoms with Crippen molar-refractivity contribution < 1.29 is 8.42 Å². The van der Waals surface area contributed by atoms with E-state index in [1.165, 1.54) is 0 Å². The molecule has 4 nitrogen and oxygen atoms in total. The van der Waals surface area contributed by atoms with Crippen molar-refractivity contribution in [3.63, 3.8) is 0 Å². The summed E-state index contributed by atoms with van der Waals surface area (Å²) in [7, 11) is -3.52. The minimum Gasteiger partial charge on any atom is -0.328 e. The van der Waals surface area contributed by atoms with E-state index in [1.807, 2.05) is 31.2 Å². The third kappa shape index (κ3) is 3.55. The number of rotatable bonds is 3. The first-order valence-corrected chi connectivity index (χ1v) is 9.66. The molecule has 1 unspecified atom stereocenters. The van der Waals surface area contributed by atoms with Crippen LogP contribution in [0.1, 0.15) is 19.8 Å². The van der Waals surface area contributed by atoms with E-state index >= 15 is 0 Å². The Labute approximate surface area is 154 Å². The second kappa shape index (κ2) is 7.58. The number of nitrogens with two attached hydrogens (primary N) is 1. The number of sulfonamides is 1. The standard InChI is InChI=1S/C17H21ClN2O2S.ClH/c1-12(19)13-8-10-20(11-9-13)23(21,22)17-7-6-16(18)14-4-2-3-5-15(14)17;/h2-7,12-13H,8-11,19H2,1H3;1H. The van der Waals surface area contributed by atoms with Gasteiger partial charge in [-0.15, -0.1) is 12.4 Å². The third-order valence-corrected chi connectivity index (χ3v) is 6.98. The maximum atomic E-state index is 13.0. The summed E-state index contributed by atoms with van der Waals surface area (Å²) in [5.41, 5.74) is 5.94. The molecule has 1 heterocycles. The minimum atomic E-state index is -3.52. The number of piperidine rings is 1. The number of hydrogen-bond donors (Lipinski definition) is 1. The SMILES string of the molecule is CC(N)C1CCN(S(=O)(=O)c2ccc(Cl)c3ccccc23)CC1.Cl. The van der Waals surface area contributed by atoms with Crippen LogP contribution in [-0.2, 0) is 10.0 Å². The van der Waals surface area contributed by atoms with Crippen LogP contribution < -0.4 is 5.73 Å². The normalized spacial score (nSPS) is 18.3. The molecule has 1 saturated heterocycles. The molecular formula is C17H22Cl2N2O2S. The lowest BCUT2D eigenvalue weighted by molar-refractivity contribution is 0.251. The van der Waals surface area contributed by atoms with E-state index in [9.17, 15) is 8.42 Å². The van der Waals surface area contributed by atoms with Crippen molar-refractivity contribution in [3.05, 3.63) is 41.4 Å². The van der Waals surface area contributed by atoms with Crippen molar-refractivity contribution in [1.82, 2.24) is 4.31 Å². The van der Waals surface area contributed by atoms with Gasteiger partial charge in [0.15, 0.2) is 0 Å². The van der Waals surface area contributed by atoms with Gasteiger partial charge in [-0.2, -0.15) is 4.31 Å². The van der Waals surface area contributed by atoms with E-state index in [1.54, 1.807) is 16.4 Å². The minimum absolute atomic E-state index is 0. The summed E-state index contributed by atoms with van der Waals surface area (Å²) < 4.78 is 27.7. The molecule has 0 aliphatic carbocycles. The Kier molecular flexibility index (Phi) is 6.15. The molecule has 0 radical (unpaired) electrons. The molecule has 2 aromatic carbocycles. The topological polar surface area (TPSA) is 63.4 Å². The molecule has 7 heteroatoms. The zero-order valence-electron chi connectivity index (χ0n) is 13.5. The smallest absolute Gasteiger partial charge is 0.243 e. The summed E-state index contributed by atoms with van der Waals surface area (Å²) in [6.07, 6.45) is 1.62. The van der Waals surface area contributed by atoms with E-state index in [-0.39, 0.29) is 18.4 Å². The zero-order valence-corrected chi connectivity index (χ0v) is 15.9. The van der Waals surface area contributed by atoms with Gasteiger partial charge in [0.25, 0.3) is 0 Å². The quantitative estimate of drug-likeness (QED) is 0.872. The Morgan fingerprint density at radius 2 is 1.71 bits per heavy atom. The van der Waals surface area contributed by atoms with Crippen molar-refractivity contribution in [2.45, 2.75) is 30.7 Å². The van der Waals surface area contributed by atoms with Crippen LogP contribution in [0.3, 0.4) is 0 Å². The van der Waals surface area contributed by atoms with Gasteiger partial charge in [0.2, 0.25) is 10.0 Å². The van der Waals surface area contributed by atoms with E-state index in [2.05, 4.69) is 0 Å². The number of benzene rings is 2. The fourth-order valence-corrected chi connectivity index (χ4v) is 5.13. The molecule has 0 spiro atoms. The predicted molar refractivity (Wildman–Crippen MR) is 101 cm³/mol. The molecule has 24 heavy (non-hydrogen) atoms. The van der Waals surface area contributed by atoms with Crippen LogP contribution in [0.15, 0.2) is 41.3 Å². The summed E-state index contributed by atoms with van der Waals surface area (Å²) in [6.45, 7) is 3.03. The first-order chi connectivity index (χ1) is 10.9. The molecule has 132 valence electrons. The van der Waals surface area contributed by atoms with Gasteiger partial charge in [-0.1, -0.05) is 35.9 Å². The zero-order chi connectivity index (χ0) is 16.6. The van der Waals surface area contributed by atoms with Gasteiger partial charge in [-0.05, 0) is 37.8 Å². The summed E-state index contributed by atoms with van der Waals surface area (Å²) in [5.74, 6) is 0.392. The third-order valence-electron chi connectivity index (χ3n) is 4.69. The molecule has 1 atom stereocenters. The largest absolute Gasteiger partial charge is 0.328 e. The Bertz CT molecular complexity index is 816. The van der Waals surface area contributed by atoms with Gasteiger partial charge in [-0.25, -0.2) is 8.42 Å². The molecule has 0 aromatic heterocycles. The molecule has 1 fully saturated rings. The number of nitrogens with zero attached hydrogens (tertiary/aromatic N) is 1. The van der Waals surface area contributed by atoms with Crippen LogP contribution in [0.2, 0.25) is 5.02 Å². The van der Waals surface area contributed by atoms with Gasteiger partial charge in [0.05, 0.1) is 4.90 Å². The van der Waals surface area contributed by atoms with E-state index in [4.69, 9.17) is 17.3 Å². The van der Waals surface area contributed by atoms with Crippen molar-refractivity contribution in [2.24, 2.45) is 11.7 Å². The van der Waals surface area contributed by atoms with Crippen molar-refractivity contribution in [2.75, 3.05) is 13.1 Å². The van der Waals surface area contributed by atoms with Crippen LogP contribution in [0.4, 0.5) is 0 Å². The highest BCUT2D eigenvalue weighted by molar-refractivity contribution is 7.89. The highest BCUT2D eigenvalue weighted by Gasteiger charge is 2.31. The first kappa shape index (κ1) is 19.5. The summed E-state index contributed by atoms with van der Waals surface area (Å²) in [4.78, 5) is 0.330. The summed E-state index contributed by atoms with van der Waals surface area (Å²) >= 11 is 6.20. The molecule has 2 N–H and O–H groups in total. The van der Waals surface area contributed by atoms with Crippen LogP contribution >= 0.6 is 24.0 Å². The Morgan fingerprint density at radius 1 is 1.12 bits per heavy atom. The van der Waals surface area contributed by atoms with E-state index in [0.717, 1.165) is 18.2 Å². The van der Waals surface area contributed by atoms with Gasteiger partial charge >= 0.3 is 0 Å². The lowest BCUT2D eigenvalue weighted by Crippen LogP contribution is -2.42. The first-order valence-electron chi connectivity index (χ1n) is 7.84. The summed E-state index contributed by atoms with van der Waals surface area (Å²) in [5, 5.41) is 2.00.